The summed E-state index contributed by atoms with van der Waals surface area (Å²) in [6, 6.07) is 15.7. The Bertz CT molecular complexity index is 1710. The molecule has 0 amide bonds. The molecule has 0 aliphatic carbocycles. The average Bonchev–Trinajstić information content (AvgIpc) is 3.50. The molecule has 3 aromatic heterocycles. The van der Waals surface area contributed by atoms with Crippen molar-refractivity contribution in [2.75, 3.05) is 38.5 Å². The number of anilines is 2. The number of aryl methyl sites for hydroxylation is 1. The molecule has 1 fully saturated rings. The lowest BCUT2D eigenvalue weighted by atomic mass is 10.0. The van der Waals surface area contributed by atoms with E-state index in [1.54, 1.807) is 36.9 Å². The molecule has 9 nitrogen and oxygen atoms in total. The van der Waals surface area contributed by atoms with Gasteiger partial charge in [-0.3, -0.25) is 9.88 Å². The van der Waals surface area contributed by atoms with Crippen molar-refractivity contribution >= 4 is 11.6 Å². The molecule has 0 unspecified atom stereocenters. The van der Waals surface area contributed by atoms with Gasteiger partial charge in [-0.1, -0.05) is 23.4 Å². The molecule has 5 aromatic rings. The van der Waals surface area contributed by atoms with E-state index in [0.717, 1.165) is 60.3 Å². The lowest BCUT2D eigenvalue weighted by Gasteiger charge is -2.33. The number of benzene rings is 2. The number of nitrogens with zero attached hydrogens (tertiary/aromatic N) is 8. The van der Waals surface area contributed by atoms with E-state index >= 15 is 0 Å². The predicted molar refractivity (Wildman–Crippen MR) is 158 cm³/mol. The largest absolute Gasteiger partial charge is 0.416 e. The Balaban J connectivity index is 1.24. The van der Waals surface area contributed by atoms with E-state index in [2.05, 4.69) is 40.4 Å². The molecule has 12 heteroatoms. The number of alkyl halides is 3. The maximum absolute atomic E-state index is 14.1. The third-order valence-electron chi connectivity index (χ3n) is 7.54. The van der Waals surface area contributed by atoms with Gasteiger partial charge in [-0.15, -0.1) is 5.10 Å². The molecule has 1 saturated heterocycles. The van der Waals surface area contributed by atoms with Gasteiger partial charge >= 0.3 is 6.18 Å². The molecule has 43 heavy (non-hydrogen) atoms. The average molecular weight is 586 g/mol. The number of hydrogen-bond acceptors (Lipinski definition) is 8. The minimum atomic E-state index is -4.49. The first-order valence-corrected chi connectivity index (χ1v) is 13.9. The third kappa shape index (κ3) is 6.55. The van der Waals surface area contributed by atoms with Crippen LogP contribution in [-0.4, -0.2) is 73.0 Å². The molecule has 220 valence electrons. The topological polar surface area (TPSA) is 87.9 Å². The fraction of sp³-hybridized carbons (Fsp3) is 0.258. The number of pyridine rings is 1. The van der Waals surface area contributed by atoms with Crippen molar-refractivity contribution in [3.05, 3.63) is 96.1 Å². The van der Waals surface area contributed by atoms with Crippen molar-refractivity contribution in [3.63, 3.8) is 0 Å². The van der Waals surface area contributed by atoms with Crippen LogP contribution in [0.3, 0.4) is 0 Å². The van der Waals surface area contributed by atoms with Crippen molar-refractivity contribution in [1.29, 1.82) is 0 Å². The molecule has 1 aliphatic heterocycles. The molecule has 0 radical (unpaired) electrons. The molecule has 0 saturated carbocycles. The smallest absolute Gasteiger partial charge is 0.324 e. The maximum Gasteiger partial charge on any atom is 0.416 e. The first-order chi connectivity index (χ1) is 20.7. The zero-order chi connectivity index (χ0) is 30.0. The molecule has 0 atom stereocenters. The predicted octanol–water partition coefficient (Wildman–Crippen LogP) is 5.60. The minimum Gasteiger partial charge on any atom is -0.324 e. The molecule has 2 aromatic carbocycles. The number of piperazine rings is 1. The lowest BCUT2D eigenvalue weighted by molar-refractivity contribution is -0.138. The van der Waals surface area contributed by atoms with Crippen LogP contribution in [0.4, 0.5) is 24.8 Å². The zero-order valence-corrected chi connectivity index (χ0v) is 23.8. The summed E-state index contributed by atoms with van der Waals surface area (Å²) < 4.78 is 43.7. The Labute approximate surface area is 247 Å². The quantitative estimate of drug-likeness (QED) is 0.264. The number of rotatable bonds is 7. The van der Waals surface area contributed by atoms with Crippen LogP contribution in [0.5, 0.6) is 0 Å². The lowest BCUT2D eigenvalue weighted by Crippen LogP contribution is -2.44. The summed E-state index contributed by atoms with van der Waals surface area (Å²) in [7, 11) is 2.02. The molecule has 0 bridgehead atoms. The minimum absolute atomic E-state index is 0.250. The van der Waals surface area contributed by atoms with Gasteiger partial charge < -0.3 is 10.2 Å². The summed E-state index contributed by atoms with van der Waals surface area (Å²) in [6.07, 6.45) is 2.25. The van der Waals surface area contributed by atoms with Crippen molar-refractivity contribution in [1.82, 2.24) is 39.7 Å². The SMILES string of the molecule is Cc1ccc(-c2cn(-c3ccc(CN4CCN(C)CC4)c(C(F)(F)F)c3)nn2)cc1Nc1nccc(-c2cccnc2)n1. The van der Waals surface area contributed by atoms with Gasteiger partial charge in [0, 0.05) is 68.1 Å². The molecule has 1 aliphatic rings. The molecule has 4 heterocycles. The normalized spacial score (nSPS) is 14.6. The number of aromatic nitrogens is 6. The second-order valence-electron chi connectivity index (χ2n) is 10.6. The molecular weight excluding hydrogens is 555 g/mol. The highest BCUT2D eigenvalue weighted by atomic mass is 19.4. The second-order valence-corrected chi connectivity index (χ2v) is 10.6. The van der Waals surface area contributed by atoms with Gasteiger partial charge in [0.05, 0.1) is 23.1 Å². The maximum atomic E-state index is 14.1. The van der Waals surface area contributed by atoms with Gasteiger partial charge in [0.15, 0.2) is 0 Å². The Morgan fingerprint density at radius 2 is 1.74 bits per heavy atom. The van der Waals surface area contributed by atoms with E-state index in [1.807, 2.05) is 50.4 Å². The van der Waals surface area contributed by atoms with Crippen LogP contribution in [-0.2, 0) is 12.7 Å². The van der Waals surface area contributed by atoms with Crippen LogP contribution in [0, 0.1) is 6.92 Å². The van der Waals surface area contributed by atoms with Gasteiger partial charge in [-0.2, -0.15) is 13.2 Å². The fourth-order valence-corrected chi connectivity index (χ4v) is 5.01. The zero-order valence-electron chi connectivity index (χ0n) is 23.8. The van der Waals surface area contributed by atoms with Crippen molar-refractivity contribution in [2.45, 2.75) is 19.6 Å². The summed E-state index contributed by atoms with van der Waals surface area (Å²) in [5.41, 5.74) is 4.47. The first-order valence-electron chi connectivity index (χ1n) is 13.9. The highest BCUT2D eigenvalue weighted by Gasteiger charge is 2.34. The van der Waals surface area contributed by atoms with Gasteiger partial charge in [-0.25, -0.2) is 14.6 Å². The summed E-state index contributed by atoms with van der Waals surface area (Å²) in [5.74, 6) is 0.418. The van der Waals surface area contributed by atoms with Crippen LogP contribution < -0.4 is 5.32 Å². The van der Waals surface area contributed by atoms with E-state index in [9.17, 15) is 13.2 Å². The van der Waals surface area contributed by atoms with Crippen LogP contribution in [0.1, 0.15) is 16.7 Å². The monoisotopic (exact) mass is 585 g/mol. The Kier molecular flexibility index (Phi) is 7.87. The van der Waals surface area contributed by atoms with Gasteiger partial charge in [0.2, 0.25) is 5.95 Å². The van der Waals surface area contributed by atoms with Gasteiger partial charge in [0.25, 0.3) is 0 Å². The molecular formula is C31H30F3N9. The van der Waals surface area contributed by atoms with Crippen LogP contribution in [0.25, 0.3) is 28.2 Å². The van der Waals surface area contributed by atoms with Gasteiger partial charge in [-0.05, 0) is 61.5 Å². The Morgan fingerprint density at radius 3 is 2.51 bits per heavy atom. The summed E-state index contributed by atoms with van der Waals surface area (Å²) >= 11 is 0. The molecule has 0 spiro atoms. The second kappa shape index (κ2) is 11.9. The Hall–Kier alpha value is -4.68. The van der Waals surface area contributed by atoms with Crippen molar-refractivity contribution < 1.29 is 13.2 Å². The standard InChI is InChI=1S/C31H30F3N9/c1-21-5-6-22(16-28(21)38-30-36-11-9-27(37-30)23-4-3-10-35-18-23)29-20-43(40-39-29)25-8-7-24(26(17-25)31(32,33)34)19-42-14-12-41(2)13-15-42/h3-11,16-18,20H,12-15,19H2,1-2H3,(H,36,37,38). The summed E-state index contributed by atoms with van der Waals surface area (Å²) in [6.45, 7) is 5.34. The Morgan fingerprint density at radius 1 is 0.907 bits per heavy atom. The van der Waals surface area contributed by atoms with Crippen LogP contribution in [0.2, 0.25) is 0 Å². The molecule has 1 N–H and O–H groups in total. The fourth-order valence-electron chi connectivity index (χ4n) is 5.01. The van der Waals surface area contributed by atoms with Gasteiger partial charge in [0.1, 0.15) is 5.69 Å². The summed E-state index contributed by atoms with van der Waals surface area (Å²) in [4.78, 5) is 17.3. The van der Waals surface area contributed by atoms with E-state index in [4.69, 9.17) is 0 Å². The first kappa shape index (κ1) is 28.4. The van der Waals surface area contributed by atoms with E-state index in [1.165, 1.54) is 4.68 Å². The number of hydrogen-bond donors (Lipinski definition) is 1. The number of nitrogens with one attached hydrogen (secondary N) is 1. The summed E-state index contributed by atoms with van der Waals surface area (Å²) in [5, 5.41) is 11.7. The van der Waals surface area contributed by atoms with E-state index in [0.29, 0.717) is 17.3 Å². The van der Waals surface area contributed by atoms with Crippen LogP contribution in [0.15, 0.2) is 79.4 Å². The molecule has 6 rings (SSSR count). The van der Waals surface area contributed by atoms with Crippen LogP contribution >= 0.6 is 0 Å². The van der Waals surface area contributed by atoms with Crippen molar-refractivity contribution in [2.24, 2.45) is 0 Å². The van der Waals surface area contributed by atoms with Crippen molar-refractivity contribution in [3.8, 4) is 28.2 Å². The highest BCUT2D eigenvalue weighted by Crippen LogP contribution is 2.34. The highest BCUT2D eigenvalue weighted by molar-refractivity contribution is 5.70. The van der Waals surface area contributed by atoms with E-state index in [-0.39, 0.29) is 12.1 Å². The number of likely N-dealkylation sites (N-methyl/N-ethyl adjacent to an activating group) is 1. The van der Waals surface area contributed by atoms with E-state index < -0.39 is 11.7 Å². The number of halogens is 3. The third-order valence-corrected chi connectivity index (χ3v) is 7.54.